The maximum absolute atomic E-state index is 14.0. The number of non-ortho nitro benzene ring substituents is 1. The van der Waals surface area contributed by atoms with Gasteiger partial charge in [0.2, 0.25) is 0 Å². The van der Waals surface area contributed by atoms with E-state index in [4.69, 9.17) is 14.6 Å². The van der Waals surface area contributed by atoms with Crippen LogP contribution in [0.15, 0.2) is 24.3 Å². The number of hydrogen-bond donors (Lipinski definition) is 1. The second-order valence-corrected chi connectivity index (χ2v) is 8.92. The number of aromatic nitrogens is 1. The third kappa shape index (κ3) is 7.91. The van der Waals surface area contributed by atoms with Crippen molar-refractivity contribution in [2.45, 2.75) is 77.4 Å². The number of benzene rings is 1. The van der Waals surface area contributed by atoms with Crippen LogP contribution in [0.1, 0.15) is 77.2 Å². The smallest absolute Gasteiger partial charge is 0.340 e. The molecule has 1 aromatic heterocycles. The summed E-state index contributed by atoms with van der Waals surface area (Å²) in [5.74, 6) is -3.23. The zero-order valence-electron chi connectivity index (χ0n) is 22.1. The van der Waals surface area contributed by atoms with Crippen LogP contribution in [0.4, 0.5) is 14.5 Å². The molecule has 1 fully saturated rings. The Labute approximate surface area is 220 Å². The van der Waals surface area contributed by atoms with Crippen LogP contribution in [0.5, 0.6) is 0 Å². The summed E-state index contributed by atoms with van der Waals surface area (Å²) in [7, 11) is 1.00. The van der Waals surface area contributed by atoms with E-state index in [1.54, 1.807) is 6.92 Å². The van der Waals surface area contributed by atoms with Crippen molar-refractivity contribution in [1.29, 1.82) is 0 Å². The van der Waals surface area contributed by atoms with Crippen molar-refractivity contribution in [3.63, 3.8) is 0 Å². The number of alkyl halides is 2. The van der Waals surface area contributed by atoms with Crippen molar-refractivity contribution in [3.05, 3.63) is 62.5 Å². The van der Waals surface area contributed by atoms with Gasteiger partial charge in [-0.2, -0.15) is 0 Å². The Hall–Kier alpha value is -3.18. The number of fused-ring (bicyclic) bond motifs is 1. The normalized spacial score (nSPS) is 17.6. The number of carbonyl (C=O) groups is 2. The van der Waals surface area contributed by atoms with Gasteiger partial charge >= 0.3 is 5.97 Å². The van der Waals surface area contributed by atoms with E-state index in [1.807, 2.05) is 6.92 Å². The number of aldehydes is 1. The average Bonchev–Trinajstić information content (AvgIpc) is 3.22. The number of rotatable bonds is 7. The molecule has 1 aliphatic heterocycles. The van der Waals surface area contributed by atoms with Crippen LogP contribution in [-0.4, -0.2) is 59.2 Å². The summed E-state index contributed by atoms with van der Waals surface area (Å²) in [4.78, 5) is 32.2. The van der Waals surface area contributed by atoms with E-state index >= 15 is 0 Å². The number of aliphatic hydroxyl groups excluding tert-OH is 1. The average molecular weight is 539 g/mol. The van der Waals surface area contributed by atoms with Crippen LogP contribution < -0.4 is 0 Å². The Morgan fingerprint density at radius 2 is 1.95 bits per heavy atom. The highest BCUT2D eigenvalue weighted by atomic mass is 19.3. The van der Waals surface area contributed by atoms with Gasteiger partial charge in [0.1, 0.15) is 6.29 Å². The number of nitro benzene ring substituents is 1. The lowest BCUT2D eigenvalue weighted by Crippen LogP contribution is -2.29. The third-order valence-corrected chi connectivity index (χ3v) is 6.47. The highest BCUT2D eigenvalue weighted by Gasteiger charge is 2.40. The number of aliphatic hydroxyl groups is 1. The number of nitro groups is 1. The first-order chi connectivity index (χ1) is 18.2. The lowest BCUT2D eigenvalue weighted by Gasteiger charge is -2.27. The molecule has 1 N–H and O–H groups in total. The van der Waals surface area contributed by atoms with Crippen molar-refractivity contribution >= 4 is 17.9 Å². The molecule has 0 radical (unpaired) electrons. The summed E-state index contributed by atoms with van der Waals surface area (Å²) < 4.78 is 41.2. The molecule has 2 aromatic rings. The zero-order valence-corrected chi connectivity index (χ0v) is 22.1. The standard InChI is InChI=1S/C19H27F2NO3.C7H5NO3.CH4O/c1-3-15-17(18(23)24-4-2)14-11-19(20,21)9-8-16(14)22(15)12-13-7-5-6-10-25-13;9-5-6-1-3-7(4-2-6)8(10)11;1-2/h13H,3-12H2,1-2H3;1-5H;2H,1H3. The maximum Gasteiger partial charge on any atom is 0.340 e. The molecule has 0 amide bonds. The number of hydrogen-bond acceptors (Lipinski definition) is 7. The topological polar surface area (TPSA) is 121 Å². The number of esters is 1. The van der Waals surface area contributed by atoms with Crippen LogP contribution in [0.3, 0.4) is 0 Å². The Morgan fingerprint density at radius 3 is 2.47 bits per heavy atom. The van der Waals surface area contributed by atoms with Crippen molar-refractivity contribution in [2.75, 3.05) is 20.3 Å². The van der Waals surface area contributed by atoms with Gasteiger partial charge in [-0.1, -0.05) is 6.92 Å². The van der Waals surface area contributed by atoms with E-state index in [-0.39, 0.29) is 31.2 Å². The van der Waals surface area contributed by atoms with Crippen LogP contribution in [0.25, 0.3) is 0 Å². The maximum atomic E-state index is 14.0. The fourth-order valence-electron chi connectivity index (χ4n) is 4.77. The molecular formula is C27H36F2N2O7. The second-order valence-electron chi connectivity index (χ2n) is 8.92. The molecule has 2 heterocycles. The van der Waals surface area contributed by atoms with Gasteiger partial charge in [-0.25, -0.2) is 13.6 Å². The molecule has 4 rings (SSSR count). The van der Waals surface area contributed by atoms with Crippen molar-refractivity contribution in [2.24, 2.45) is 0 Å². The van der Waals surface area contributed by atoms with Crippen LogP contribution in [-0.2, 0) is 35.3 Å². The van der Waals surface area contributed by atoms with Gasteiger partial charge in [0.25, 0.3) is 11.6 Å². The molecule has 210 valence electrons. The third-order valence-electron chi connectivity index (χ3n) is 6.47. The van der Waals surface area contributed by atoms with Crippen molar-refractivity contribution in [3.8, 4) is 0 Å². The first kappa shape index (κ1) is 31.0. The van der Waals surface area contributed by atoms with E-state index in [0.29, 0.717) is 42.4 Å². The minimum atomic E-state index is -2.76. The summed E-state index contributed by atoms with van der Waals surface area (Å²) in [6.07, 6.45) is 4.27. The number of carbonyl (C=O) groups excluding carboxylic acids is 2. The van der Waals surface area contributed by atoms with E-state index in [2.05, 4.69) is 4.57 Å². The lowest BCUT2D eigenvalue weighted by molar-refractivity contribution is -0.384. The van der Waals surface area contributed by atoms with Gasteiger partial charge in [-0.15, -0.1) is 0 Å². The summed E-state index contributed by atoms with van der Waals surface area (Å²) in [6.45, 7) is 5.32. The quantitative estimate of drug-likeness (QED) is 0.229. The van der Waals surface area contributed by atoms with Gasteiger partial charge in [-0.05, 0) is 56.7 Å². The van der Waals surface area contributed by atoms with E-state index in [0.717, 1.165) is 44.4 Å². The van der Waals surface area contributed by atoms with Gasteiger partial charge in [-0.3, -0.25) is 14.9 Å². The fourth-order valence-corrected chi connectivity index (χ4v) is 4.77. The van der Waals surface area contributed by atoms with Crippen LogP contribution in [0.2, 0.25) is 0 Å². The van der Waals surface area contributed by atoms with Gasteiger partial charge in [0, 0.05) is 62.2 Å². The molecule has 38 heavy (non-hydrogen) atoms. The van der Waals surface area contributed by atoms with E-state index in [1.165, 1.54) is 24.3 Å². The summed E-state index contributed by atoms with van der Waals surface area (Å²) in [5, 5.41) is 17.1. The molecule has 0 bridgehead atoms. The number of ether oxygens (including phenoxy) is 2. The molecule has 0 saturated carbocycles. The van der Waals surface area contributed by atoms with E-state index < -0.39 is 16.8 Å². The second kappa shape index (κ2) is 14.7. The van der Waals surface area contributed by atoms with Crippen molar-refractivity contribution in [1.82, 2.24) is 4.57 Å². The molecule has 1 aliphatic carbocycles. The first-order valence-corrected chi connectivity index (χ1v) is 12.7. The molecule has 1 unspecified atom stereocenters. The fraction of sp³-hybridized carbons (Fsp3) is 0.556. The highest BCUT2D eigenvalue weighted by Crippen LogP contribution is 2.38. The molecule has 0 spiro atoms. The first-order valence-electron chi connectivity index (χ1n) is 12.7. The Balaban J connectivity index is 0.000000327. The van der Waals surface area contributed by atoms with Gasteiger partial charge < -0.3 is 19.1 Å². The van der Waals surface area contributed by atoms with Crippen LogP contribution >= 0.6 is 0 Å². The minimum Gasteiger partial charge on any atom is -0.462 e. The summed E-state index contributed by atoms with van der Waals surface area (Å²) in [6, 6.07) is 5.41. The molecule has 11 heteroatoms. The predicted molar refractivity (Wildman–Crippen MR) is 137 cm³/mol. The van der Waals surface area contributed by atoms with Gasteiger partial charge in [0.15, 0.2) is 0 Å². The molecule has 1 saturated heterocycles. The monoisotopic (exact) mass is 538 g/mol. The minimum absolute atomic E-state index is 0.00407. The van der Waals surface area contributed by atoms with Gasteiger partial charge in [0.05, 0.1) is 23.2 Å². The Kier molecular flexibility index (Phi) is 12.0. The largest absolute Gasteiger partial charge is 0.462 e. The zero-order chi connectivity index (χ0) is 28.3. The molecule has 1 aromatic carbocycles. The van der Waals surface area contributed by atoms with E-state index in [9.17, 15) is 28.5 Å². The molecule has 1 atom stereocenters. The summed E-state index contributed by atoms with van der Waals surface area (Å²) in [5.41, 5.74) is 2.98. The molecule has 2 aliphatic rings. The Bertz CT molecular complexity index is 1080. The summed E-state index contributed by atoms with van der Waals surface area (Å²) >= 11 is 0. The number of nitrogens with zero attached hydrogens (tertiary/aromatic N) is 2. The highest BCUT2D eigenvalue weighted by molar-refractivity contribution is 5.93. The van der Waals surface area contributed by atoms with Crippen molar-refractivity contribution < 1.29 is 37.9 Å². The molecular weight excluding hydrogens is 502 g/mol. The number of halogens is 2. The lowest BCUT2D eigenvalue weighted by atomic mass is 9.91. The molecule has 9 nitrogen and oxygen atoms in total. The SMILES string of the molecule is CCOC(=O)c1c2c(n(CC3CCCCO3)c1CC)CCC(F)(F)C2.CO.O=Cc1ccc([N+](=O)[O-])cc1. The Morgan fingerprint density at radius 1 is 1.26 bits per heavy atom. The predicted octanol–water partition coefficient (Wildman–Crippen LogP) is 4.94. The van der Waals surface area contributed by atoms with Crippen LogP contribution in [0, 0.1) is 10.1 Å².